The van der Waals surface area contributed by atoms with Gasteiger partial charge in [0.15, 0.2) is 9.84 Å². The molecule has 21 heavy (non-hydrogen) atoms. The first-order valence-corrected chi connectivity index (χ1v) is 8.59. The minimum Gasteiger partial charge on any atom is -0.465 e. The smallest absolute Gasteiger partial charge is 0.339 e. The molecular weight excluding hydrogens is 290 g/mol. The number of rotatable bonds is 6. The van der Waals surface area contributed by atoms with Gasteiger partial charge in [0.1, 0.15) is 6.07 Å². The van der Waals surface area contributed by atoms with Crippen LogP contribution < -0.4 is 0 Å². The molecule has 1 aromatic rings. The van der Waals surface area contributed by atoms with Crippen molar-refractivity contribution >= 4 is 15.8 Å². The predicted molar refractivity (Wildman–Crippen MR) is 78.8 cm³/mol. The first kappa shape index (κ1) is 17.2. The molecule has 114 valence electrons. The van der Waals surface area contributed by atoms with Gasteiger partial charge in [-0.05, 0) is 30.5 Å². The zero-order valence-corrected chi connectivity index (χ0v) is 13.3. The largest absolute Gasteiger partial charge is 0.465 e. The molecule has 0 N–H and O–H groups in total. The lowest BCUT2D eigenvalue weighted by molar-refractivity contribution is 0.0600. The Morgan fingerprint density at radius 2 is 2.00 bits per heavy atom. The number of nitriles is 1. The lowest BCUT2D eigenvalue weighted by Crippen LogP contribution is -2.10. The van der Waals surface area contributed by atoms with E-state index in [0.29, 0.717) is 12.0 Å². The summed E-state index contributed by atoms with van der Waals surface area (Å²) in [4.78, 5) is 11.8. The van der Waals surface area contributed by atoms with Crippen LogP contribution in [-0.2, 0) is 21.0 Å². The first-order valence-electron chi connectivity index (χ1n) is 6.70. The second-order valence-electron chi connectivity index (χ2n) is 4.84. The van der Waals surface area contributed by atoms with Crippen molar-refractivity contribution in [3.63, 3.8) is 0 Å². The van der Waals surface area contributed by atoms with Crippen LogP contribution in [0.3, 0.4) is 0 Å². The molecule has 0 aliphatic carbocycles. The van der Waals surface area contributed by atoms with Gasteiger partial charge in [-0.1, -0.05) is 19.8 Å². The molecule has 0 heterocycles. The van der Waals surface area contributed by atoms with Crippen LogP contribution in [-0.4, -0.2) is 27.8 Å². The molecule has 0 amide bonds. The monoisotopic (exact) mass is 309 g/mol. The Labute approximate surface area is 125 Å². The van der Waals surface area contributed by atoms with Crippen LogP contribution in [0.2, 0.25) is 0 Å². The van der Waals surface area contributed by atoms with Crippen LogP contribution in [0, 0.1) is 11.3 Å². The fourth-order valence-electron chi connectivity index (χ4n) is 2.10. The fourth-order valence-corrected chi connectivity index (χ4v) is 3.07. The number of unbranched alkanes of at least 4 members (excludes halogenated alkanes) is 2. The van der Waals surface area contributed by atoms with E-state index >= 15 is 0 Å². The van der Waals surface area contributed by atoms with Crippen molar-refractivity contribution < 1.29 is 17.9 Å². The molecule has 6 heteroatoms. The van der Waals surface area contributed by atoms with Crippen molar-refractivity contribution in [2.24, 2.45) is 0 Å². The van der Waals surface area contributed by atoms with Gasteiger partial charge < -0.3 is 4.74 Å². The topological polar surface area (TPSA) is 84.2 Å². The Morgan fingerprint density at radius 1 is 1.33 bits per heavy atom. The van der Waals surface area contributed by atoms with Gasteiger partial charge in [0.25, 0.3) is 0 Å². The van der Waals surface area contributed by atoms with Crippen molar-refractivity contribution in [3.8, 4) is 6.07 Å². The SMILES string of the molecule is CCCCCc1cc(C#N)c(C(=O)OC)cc1S(C)(=O)=O. The summed E-state index contributed by atoms with van der Waals surface area (Å²) in [6, 6.07) is 4.66. The first-order chi connectivity index (χ1) is 9.85. The van der Waals surface area contributed by atoms with Gasteiger partial charge in [0, 0.05) is 6.26 Å². The Hall–Kier alpha value is -1.87. The minimum absolute atomic E-state index is 0.0142. The van der Waals surface area contributed by atoms with Crippen LogP contribution in [0.4, 0.5) is 0 Å². The number of benzene rings is 1. The Kier molecular flexibility index (Phi) is 5.91. The van der Waals surface area contributed by atoms with E-state index in [1.807, 2.05) is 6.07 Å². The van der Waals surface area contributed by atoms with Gasteiger partial charge >= 0.3 is 5.97 Å². The third kappa shape index (κ3) is 4.30. The van der Waals surface area contributed by atoms with Crippen LogP contribution >= 0.6 is 0 Å². The molecule has 0 aromatic heterocycles. The zero-order chi connectivity index (χ0) is 16.0. The maximum absolute atomic E-state index is 11.9. The highest BCUT2D eigenvalue weighted by Gasteiger charge is 2.20. The molecule has 0 spiro atoms. The van der Waals surface area contributed by atoms with E-state index < -0.39 is 15.8 Å². The molecule has 0 saturated carbocycles. The van der Waals surface area contributed by atoms with Gasteiger partial charge in [-0.3, -0.25) is 0 Å². The van der Waals surface area contributed by atoms with Crippen molar-refractivity contribution in [1.82, 2.24) is 0 Å². The van der Waals surface area contributed by atoms with Crippen molar-refractivity contribution in [3.05, 3.63) is 28.8 Å². The molecule has 0 aliphatic rings. The lowest BCUT2D eigenvalue weighted by Gasteiger charge is -2.11. The second-order valence-corrected chi connectivity index (χ2v) is 6.82. The number of carbonyl (C=O) groups is 1. The molecule has 0 radical (unpaired) electrons. The van der Waals surface area contributed by atoms with Gasteiger partial charge in [0.2, 0.25) is 0 Å². The van der Waals surface area contributed by atoms with Gasteiger partial charge in [-0.2, -0.15) is 5.26 Å². The molecule has 0 aliphatic heterocycles. The Bertz CT molecular complexity index is 672. The predicted octanol–water partition coefficient (Wildman–Crippen LogP) is 2.48. The molecule has 1 aromatic carbocycles. The molecule has 0 fully saturated rings. The number of hydrogen-bond donors (Lipinski definition) is 0. The molecule has 0 unspecified atom stereocenters. The summed E-state index contributed by atoms with van der Waals surface area (Å²) in [5.74, 6) is -0.712. The summed E-state index contributed by atoms with van der Waals surface area (Å²) < 4.78 is 28.4. The average molecular weight is 309 g/mol. The Morgan fingerprint density at radius 3 is 2.48 bits per heavy atom. The van der Waals surface area contributed by atoms with Crippen LogP contribution in [0.15, 0.2) is 17.0 Å². The third-order valence-electron chi connectivity index (χ3n) is 3.18. The standard InChI is InChI=1S/C15H19NO4S/c1-4-5-6-7-11-8-12(10-16)13(15(17)20-2)9-14(11)21(3,18)19/h8-9H,4-7H2,1-3H3. The molecule has 0 atom stereocenters. The van der Waals surface area contributed by atoms with Crippen LogP contribution in [0.25, 0.3) is 0 Å². The Balaban J connectivity index is 3.43. The number of hydrogen-bond acceptors (Lipinski definition) is 5. The van der Waals surface area contributed by atoms with E-state index in [4.69, 9.17) is 5.26 Å². The molecule has 5 nitrogen and oxygen atoms in total. The van der Waals surface area contributed by atoms with Crippen molar-refractivity contribution in [2.45, 2.75) is 37.5 Å². The summed E-state index contributed by atoms with van der Waals surface area (Å²) >= 11 is 0. The highest BCUT2D eigenvalue weighted by Crippen LogP contribution is 2.24. The van der Waals surface area contributed by atoms with Crippen molar-refractivity contribution in [1.29, 1.82) is 5.26 Å². The number of esters is 1. The number of methoxy groups -OCH3 is 1. The van der Waals surface area contributed by atoms with Gasteiger partial charge in [-0.25, -0.2) is 13.2 Å². The normalized spacial score (nSPS) is 11.0. The number of nitrogens with zero attached hydrogens (tertiary/aromatic N) is 1. The number of sulfone groups is 1. The van der Waals surface area contributed by atoms with E-state index in [2.05, 4.69) is 11.7 Å². The zero-order valence-electron chi connectivity index (χ0n) is 12.5. The fraction of sp³-hybridized carbons (Fsp3) is 0.467. The second kappa shape index (κ2) is 7.23. The highest BCUT2D eigenvalue weighted by atomic mass is 32.2. The van der Waals surface area contributed by atoms with E-state index in [9.17, 15) is 13.2 Å². The molecular formula is C15H19NO4S. The average Bonchev–Trinajstić information content (AvgIpc) is 2.44. The van der Waals surface area contributed by atoms with E-state index in [1.54, 1.807) is 0 Å². The van der Waals surface area contributed by atoms with Gasteiger partial charge in [-0.15, -0.1) is 0 Å². The highest BCUT2D eigenvalue weighted by molar-refractivity contribution is 7.90. The van der Waals surface area contributed by atoms with Crippen LogP contribution in [0.1, 0.15) is 47.7 Å². The lowest BCUT2D eigenvalue weighted by atomic mass is 10.0. The molecule has 0 saturated heterocycles. The van der Waals surface area contributed by atoms with Gasteiger partial charge in [0.05, 0.1) is 23.1 Å². The maximum Gasteiger partial charge on any atom is 0.339 e. The maximum atomic E-state index is 11.9. The summed E-state index contributed by atoms with van der Waals surface area (Å²) in [5.41, 5.74) is 0.704. The van der Waals surface area contributed by atoms with E-state index in [-0.39, 0.29) is 16.0 Å². The summed E-state index contributed by atoms with van der Waals surface area (Å²) in [7, 11) is -2.28. The summed E-state index contributed by atoms with van der Waals surface area (Å²) in [6.45, 7) is 2.05. The minimum atomic E-state index is -3.48. The number of aryl methyl sites for hydroxylation is 1. The summed E-state index contributed by atoms with van der Waals surface area (Å²) in [5, 5.41) is 9.15. The number of ether oxygens (including phenoxy) is 1. The molecule has 1 rings (SSSR count). The molecule has 0 bridgehead atoms. The van der Waals surface area contributed by atoms with E-state index in [0.717, 1.165) is 25.5 Å². The van der Waals surface area contributed by atoms with Crippen LogP contribution in [0.5, 0.6) is 0 Å². The van der Waals surface area contributed by atoms with Crippen molar-refractivity contribution in [2.75, 3.05) is 13.4 Å². The van der Waals surface area contributed by atoms with E-state index in [1.165, 1.54) is 19.2 Å². The third-order valence-corrected chi connectivity index (χ3v) is 4.35. The number of carbonyl (C=O) groups excluding carboxylic acids is 1. The summed E-state index contributed by atoms with van der Waals surface area (Å²) in [6.07, 6.45) is 4.48. The quantitative estimate of drug-likeness (QED) is 0.595.